The number of piperidine rings is 1. The maximum absolute atomic E-state index is 6.37. The lowest BCUT2D eigenvalue weighted by molar-refractivity contribution is 0.132. The van der Waals surface area contributed by atoms with Gasteiger partial charge in [0.2, 0.25) is 0 Å². The van der Waals surface area contributed by atoms with Gasteiger partial charge in [0.1, 0.15) is 16.9 Å². The van der Waals surface area contributed by atoms with E-state index in [-0.39, 0.29) is 11.5 Å². The largest absolute Gasteiger partial charge is 0.397 e. The van der Waals surface area contributed by atoms with E-state index < -0.39 is 0 Å². The molecule has 2 saturated heterocycles. The summed E-state index contributed by atoms with van der Waals surface area (Å²) < 4.78 is 7.70. The molecule has 0 bridgehead atoms. The number of nitrogen functional groups attached to an aromatic ring is 1. The molecule has 9 heteroatoms. The molecule has 2 aliphatic rings. The molecule has 4 heterocycles. The zero-order valence-electron chi connectivity index (χ0n) is 15.9. The van der Waals surface area contributed by atoms with E-state index in [2.05, 4.69) is 14.3 Å². The van der Waals surface area contributed by atoms with E-state index in [4.69, 9.17) is 32.8 Å². The van der Waals surface area contributed by atoms with Gasteiger partial charge in [-0.25, -0.2) is 9.97 Å². The van der Waals surface area contributed by atoms with Crippen LogP contribution < -0.4 is 16.4 Å². The van der Waals surface area contributed by atoms with Crippen LogP contribution in [0.1, 0.15) is 12.8 Å². The summed E-state index contributed by atoms with van der Waals surface area (Å²) in [6.07, 6.45) is 7.59. The number of benzene rings is 1. The van der Waals surface area contributed by atoms with Crippen molar-refractivity contribution >= 4 is 40.4 Å². The zero-order valence-corrected chi connectivity index (χ0v) is 17.5. The van der Waals surface area contributed by atoms with Crippen molar-refractivity contribution in [3.63, 3.8) is 0 Å². The summed E-state index contributed by atoms with van der Waals surface area (Å²) in [5.41, 5.74) is 13.9. The first-order chi connectivity index (χ1) is 14.1. The van der Waals surface area contributed by atoms with Crippen LogP contribution in [0.25, 0.3) is 5.52 Å². The topological polar surface area (TPSA) is 94.7 Å². The Balaban J connectivity index is 1.42. The van der Waals surface area contributed by atoms with Gasteiger partial charge in [-0.2, -0.15) is 0 Å². The Morgan fingerprint density at radius 2 is 2.07 bits per heavy atom. The number of hydrogen-bond donors (Lipinski definition) is 2. The van der Waals surface area contributed by atoms with Gasteiger partial charge < -0.3 is 21.1 Å². The maximum Gasteiger partial charge on any atom is 0.154 e. The molecule has 1 spiro atoms. The first kappa shape index (κ1) is 19.0. The molecule has 0 unspecified atom stereocenters. The molecular formula is C20H23ClN6OS. The monoisotopic (exact) mass is 430 g/mol. The highest BCUT2D eigenvalue weighted by atomic mass is 35.5. The molecule has 152 valence electrons. The van der Waals surface area contributed by atoms with Gasteiger partial charge in [-0.3, -0.25) is 4.40 Å². The lowest BCUT2D eigenvalue weighted by atomic mass is 9.75. The van der Waals surface area contributed by atoms with Crippen molar-refractivity contribution in [3.8, 4) is 0 Å². The normalized spacial score (nSPS) is 21.3. The van der Waals surface area contributed by atoms with Gasteiger partial charge in [0, 0.05) is 29.4 Å². The second kappa shape index (κ2) is 7.36. The van der Waals surface area contributed by atoms with E-state index >= 15 is 0 Å². The molecule has 0 aliphatic carbocycles. The lowest BCUT2D eigenvalue weighted by Crippen LogP contribution is -2.49. The third-order valence-electron chi connectivity index (χ3n) is 6.14. The fourth-order valence-electron chi connectivity index (χ4n) is 4.27. The molecule has 4 N–H and O–H groups in total. The molecule has 1 aromatic carbocycles. The van der Waals surface area contributed by atoms with Gasteiger partial charge in [-0.15, -0.1) is 0 Å². The smallest absolute Gasteiger partial charge is 0.154 e. The summed E-state index contributed by atoms with van der Waals surface area (Å²) in [7, 11) is 0. The van der Waals surface area contributed by atoms with Crippen LogP contribution in [0.15, 0.2) is 46.8 Å². The summed E-state index contributed by atoms with van der Waals surface area (Å²) in [5.74, 6) is 0.952. The fourth-order valence-corrected chi connectivity index (χ4v) is 5.44. The highest BCUT2D eigenvalue weighted by Crippen LogP contribution is 2.41. The van der Waals surface area contributed by atoms with Crippen molar-refractivity contribution in [3.05, 3.63) is 41.9 Å². The number of rotatable bonds is 3. The van der Waals surface area contributed by atoms with Crippen LogP contribution in [0.3, 0.4) is 0 Å². The highest BCUT2D eigenvalue weighted by Gasteiger charge is 2.44. The summed E-state index contributed by atoms with van der Waals surface area (Å²) in [4.78, 5) is 12.4. The number of fused-ring (bicyclic) bond motifs is 1. The molecule has 2 fully saturated rings. The Labute approximate surface area is 178 Å². The minimum Gasteiger partial charge on any atom is -0.397 e. The summed E-state index contributed by atoms with van der Waals surface area (Å²) >= 11 is 7.90. The molecule has 0 radical (unpaired) electrons. The number of hydrogen-bond acceptors (Lipinski definition) is 7. The molecule has 0 saturated carbocycles. The Morgan fingerprint density at radius 1 is 1.24 bits per heavy atom. The van der Waals surface area contributed by atoms with Crippen molar-refractivity contribution in [1.82, 2.24) is 14.4 Å². The van der Waals surface area contributed by atoms with Crippen molar-refractivity contribution in [2.45, 2.75) is 28.8 Å². The SMILES string of the molecule is Nc1cccc(Sc2cnc(N3CCC4(CC3)COC[C@H]4N)c3cncn23)c1Cl. The van der Waals surface area contributed by atoms with Crippen LogP contribution in [-0.2, 0) is 4.74 Å². The lowest BCUT2D eigenvalue weighted by Gasteiger charge is -2.41. The van der Waals surface area contributed by atoms with E-state index in [0.29, 0.717) is 17.3 Å². The van der Waals surface area contributed by atoms with E-state index in [0.717, 1.165) is 53.8 Å². The molecule has 2 aromatic heterocycles. The second-order valence-electron chi connectivity index (χ2n) is 7.80. The van der Waals surface area contributed by atoms with Crippen LogP contribution in [0.4, 0.5) is 11.5 Å². The van der Waals surface area contributed by atoms with Crippen LogP contribution in [-0.4, -0.2) is 46.7 Å². The van der Waals surface area contributed by atoms with Gasteiger partial charge in [-0.05, 0) is 25.0 Å². The van der Waals surface area contributed by atoms with Crippen molar-refractivity contribution in [2.75, 3.05) is 36.9 Å². The first-order valence-electron chi connectivity index (χ1n) is 9.69. The van der Waals surface area contributed by atoms with Crippen LogP contribution in [0.5, 0.6) is 0 Å². The maximum atomic E-state index is 6.37. The van der Waals surface area contributed by atoms with E-state index in [1.165, 1.54) is 11.8 Å². The first-order valence-corrected chi connectivity index (χ1v) is 10.9. The average Bonchev–Trinajstić information content (AvgIpc) is 3.35. The van der Waals surface area contributed by atoms with Crippen molar-refractivity contribution in [1.29, 1.82) is 0 Å². The van der Waals surface area contributed by atoms with Crippen molar-refractivity contribution < 1.29 is 4.74 Å². The number of anilines is 2. The quantitative estimate of drug-likeness (QED) is 0.616. The average molecular weight is 431 g/mol. The summed E-state index contributed by atoms with van der Waals surface area (Å²) in [6.45, 7) is 3.27. The Morgan fingerprint density at radius 3 is 2.83 bits per heavy atom. The van der Waals surface area contributed by atoms with Crippen LogP contribution in [0, 0.1) is 5.41 Å². The van der Waals surface area contributed by atoms with E-state index in [1.807, 2.05) is 30.9 Å². The predicted molar refractivity (Wildman–Crippen MR) is 116 cm³/mol. The predicted octanol–water partition coefficient (Wildman–Crippen LogP) is 3.06. The van der Waals surface area contributed by atoms with Gasteiger partial charge in [0.15, 0.2) is 5.82 Å². The number of nitrogens with zero attached hydrogens (tertiary/aromatic N) is 4. The molecule has 5 rings (SSSR count). The minimum absolute atomic E-state index is 0.118. The Hall–Kier alpha value is -2.00. The Kier molecular flexibility index (Phi) is 4.82. The zero-order chi connectivity index (χ0) is 20.0. The van der Waals surface area contributed by atoms with Gasteiger partial charge in [0.25, 0.3) is 0 Å². The fraction of sp³-hybridized carbons (Fsp3) is 0.400. The van der Waals surface area contributed by atoms with Crippen molar-refractivity contribution in [2.24, 2.45) is 11.1 Å². The molecule has 2 aliphatic heterocycles. The number of imidazole rings is 1. The molecular weight excluding hydrogens is 408 g/mol. The minimum atomic E-state index is 0.118. The van der Waals surface area contributed by atoms with Crippen LogP contribution >= 0.6 is 23.4 Å². The van der Waals surface area contributed by atoms with Crippen LogP contribution in [0.2, 0.25) is 5.02 Å². The standard InChI is InChI=1S/C20H23ClN6OS/c21-18-13(22)2-1-3-15(18)29-17-9-25-19(14-8-24-12-27(14)17)26-6-4-20(5-7-26)11-28-10-16(20)23/h1-3,8-9,12,16H,4-7,10-11,22-23H2/t16-/m1/s1. The molecule has 1 atom stereocenters. The number of ether oxygens (including phenoxy) is 1. The molecule has 7 nitrogen and oxygen atoms in total. The van der Waals surface area contributed by atoms with Gasteiger partial charge in [-0.1, -0.05) is 29.4 Å². The molecule has 0 amide bonds. The van der Waals surface area contributed by atoms with Gasteiger partial charge in [0.05, 0.1) is 36.3 Å². The van der Waals surface area contributed by atoms with Gasteiger partial charge >= 0.3 is 0 Å². The molecule has 29 heavy (non-hydrogen) atoms. The molecule has 3 aromatic rings. The van der Waals surface area contributed by atoms with E-state index in [9.17, 15) is 0 Å². The third-order valence-corrected chi connectivity index (χ3v) is 7.75. The number of nitrogens with two attached hydrogens (primary N) is 2. The van der Waals surface area contributed by atoms with E-state index in [1.54, 1.807) is 6.07 Å². The second-order valence-corrected chi connectivity index (χ2v) is 9.24. The number of aromatic nitrogens is 3. The Bertz CT molecular complexity index is 1050. The summed E-state index contributed by atoms with van der Waals surface area (Å²) in [6, 6.07) is 5.79. The number of halogens is 1. The highest BCUT2D eigenvalue weighted by molar-refractivity contribution is 7.99. The third kappa shape index (κ3) is 3.24. The summed E-state index contributed by atoms with van der Waals surface area (Å²) in [5, 5.41) is 1.50.